The van der Waals surface area contributed by atoms with Crippen molar-refractivity contribution in [3.63, 3.8) is 0 Å². The molecule has 0 bridgehead atoms. The SMILES string of the molecule is Cc1cc(C)c(N2c3cc(C#N)cc(C#N)c3N(C)[C@@H]2C)c(C)c1. The molecule has 3 rings (SSSR count). The van der Waals surface area contributed by atoms with Crippen LogP contribution in [0.25, 0.3) is 0 Å². The van der Waals surface area contributed by atoms with Crippen molar-refractivity contribution in [2.24, 2.45) is 0 Å². The minimum absolute atomic E-state index is 0.0705. The van der Waals surface area contributed by atoms with Crippen LogP contribution in [0.2, 0.25) is 0 Å². The molecule has 0 aromatic heterocycles. The van der Waals surface area contributed by atoms with Crippen LogP contribution < -0.4 is 9.80 Å². The van der Waals surface area contributed by atoms with Gasteiger partial charge in [0.25, 0.3) is 0 Å². The smallest absolute Gasteiger partial charge is 0.103 e. The van der Waals surface area contributed by atoms with Gasteiger partial charge in [-0.05, 0) is 51.0 Å². The van der Waals surface area contributed by atoms with Gasteiger partial charge in [-0.15, -0.1) is 0 Å². The number of nitriles is 2. The molecule has 0 aliphatic carbocycles. The van der Waals surface area contributed by atoms with Crippen LogP contribution in [0, 0.1) is 43.4 Å². The topological polar surface area (TPSA) is 54.1 Å². The van der Waals surface area contributed by atoms with E-state index >= 15 is 0 Å². The molecular formula is C20H20N4. The molecule has 0 spiro atoms. The second-order valence-corrected chi connectivity index (χ2v) is 6.48. The largest absolute Gasteiger partial charge is 0.351 e. The molecule has 4 nitrogen and oxygen atoms in total. The van der Waals surface area contributed by atoms with E-state index < -0.39 is 0 Å². The molecule has 0 radical (unpaired) electrons. The lowest BCUT2D eigenvalue weighted by Gasteiger charge is -2.30. The molecule has 1 aliphatic rings. The molecule has 0 unspecified atom stereocenters. The highest BCUT2D eigenvalue weighted by molar-refractivity contribution is 5.89. The Morgan fingerprint density at radius 1 is 0.917 bits per heavy atom. The lowest BCUT2D eigenvalue weighted by atomic mass is 10.0. The summed E-state index contributed by atoms with van der Waals surface area (Å²) >= 11 is 0. The quantitative estimate of drug-likeness (QED) is 0.787. The fourth-order valence-corrected chi connectivity index (χ4v) is 3.74. The third-order valence-electron chi connectivity index (χ3n) is 4.76. The summed E-state index contributed by atoms with van der Waals surface area (Å²) in [4.78, 5) is 4.34. The minimum atomic E-state index is 0.0705. The van der Waals surface area contributed by atoms with E-state index in [4.69, 9.17) is 0 Å². The van der Waals surface area contributed by atoms with Crippen LogP contribution in [0.5, 0.6) is 0 Å². The number of hydrogen-bond donors (Lipinski definition) is 0. The number of hydrogen-bond acceptors (Lipinski definition) is 4. The van der Waals surface area contributed by atoms with Gasteiger partial charge in [0.1, 0.15) is 12.2 Å². The zero-order chi connectivity index (χ0) is 17.6. The van der Waals surface area contributed by atoms with Gasteiger partial charge in [0.2, 0.25) is 0 Å². The normalized spacial score (nSPS) is 15.9. The van der Waals surface area contributed by atoms with Gasteiger partial charge in [0.15, 0.2) is 0 Å². The van der Waals surface area contributed by atoms with Crippen LogP contribution >= 0.6 is 0 Å². The molecule has 24 heavy (non-hydrogen) atoms. The zero-order valence-electron chi connectivity index (χ0n) is 14.7. The molecule has 0 N–H and O–H groups in total. The van der Waals surface area contributed by atoms with Crippen LogP contribution in [0.3, 0.4) is 0 Å². The summed E-state index contributed by atoms with van der Waals surface area (Å²) in [6, 6.07) is 12.3. The third kappa shape index (κ3) is 2.20. The number of fused-ring (bicyclic) bond motifs is 1. The Balaban J connectivity index is 2.32. The Morgan fingerprint density at radius 2 is 1.54 bits per heavy atom. The highest BCUT2D eigenvalue weighted by Crippen LogP contribution is 2.47. The van der Waals surface area contributed by atoms with Crippen molar-refractivity contribution in [3.05, 3.63) is 52.1 Å². The van der Waals surface area contributed by atoms with E-state index in [1.165, 1.54) is 16.7 Å². The number of nitrogens with zero attached hydrogens (tertiary/aromatic N) is 4. The van der Waals surface area contributed by atoms with Crippen molar-refractivity contribution in [3.8, 4) is 12.1 Å². The third-order valence-corrected chi connectivity index (χ3v) is 4.76. The summed E-state index contributed by atoms with van der Waals surface area (Å²) in [5, 5.41) is 18.9. The van der Waals surface area contributed by atoms with E-state index in [1.54, 1.807) is 6.07 Å². The molecule has 120 valence electrons. The van der Waals surface area contributed by atoms with Gasteiger partial charge in [-0.25, -0.2) is 0 Å². The summed E-state index contributed by atoms with van der Waals surface area (Å²) in [6.45, 7) is 8.43. The molecule has 0 saturated heterocycles. The standard InChI is InChI=1S/C20H20N4/c1-12-6-13(2)19(14(3)7-12)24-15(4)23(5)20-17(11-22)8-16(10-21)9-18(20)24/h6-9,15H,1-5H3/t15-/m0/s1. The van der Waals surface area contributed by atoms with Crippen LogP contribution in [0.15, 0.2) is 24.3 Å². The molecule has 1 atom stereocenters. The van der Waals surface area contributed by atoms with Crippen molar-refractivity contribution in [2.75, 3.05) is 16.8 Å². The number of benzene rings is 2. The molecule has 2 aromatic rings. The van der Waals surface area contributed by atoms with E-state index in [9.17, 15) is 10.5 Å². The van der Waals surface area contributed by atoms with E-state index in [2.05, 4.69) is 61.8 Å². The first kappa shape index (κ1) is 15.9. The molecule has 2 aromatic carbocycles. The first-order valence-electron chi connectivity index (χ1n) is 7.97. The van der Waals surface area contributed by atoms with Crippen molar-refractivity contribution in [1.82, 2.24) is 0 Å². The van der Waals surface area contributed by atoms with Crippen molar-refractivity contribution >= 4 is 17.1 Å². The Hall–Kier alpha value is -2.98. The highest BCUT2D eigenvalue weighted by Gasteiger charge is 2.35. The molecule has 0 amide bonds. The number of rotatable bonds is 1. The van der Waals surface area contributed by atoms with Crippen LogP contribution in [0.4, 0.5) is 17.1 Å². The summed E-state index contributed by atoms with van der Waals surface area (Å²) in [5.74, 6) is 0. The molecule has 1 aliphatic heterocycles. The summed E-state index contributed by atoms with van der Waals surface area (Å²) < 4.78 is 0. The second kappa shape index (κ2) is 5.58. The summed E-state index contributed by atoms with van der Waals surface area (Å²) in [5.41, 5.74) is 7.65. The van der Waals surface area contributed by atoms with Gasteiger partial charge in [-0.1, -0.05) is 17.7 Å². The monoisotopic (exact) mass is 316 g/mol. The molecule has 0 saturated carbocycles. The molecule has 1 heterocycles. The van der Waals surface area contributed by atoms with Crippen molar-refractivity contribution in [2.45, 2.75) is 33.9 Å². The lowest BCUT2D eigenvalue weighted by molar-refractivity contribution is 0.730. The van der Waals surface area contributed by atoms with Gasteiger partial charge in [0, 0.05) is 12.7 Å². The molecule has 4 heteroatoms. The van der Waals surface area contributed by atoms with E-state index in [1.807, 2.05) is 13.1 Å². The van der Waals surface area contributed by atoms with Gasteiger partial charge < -0.3 is 9.80 Å². The first-order chi connectivity index (χ1) is 11.4. The van der Waals surface area contributed by atoms with Crippen molar-refractivity contribution < 1.29 is 0 Å². The zero-order valence-corrected chi connectivity index (χ0v) is 14.7. The fraction of sp³-hybridized carbons (Fsp3) is 0.300. The van der Waals surface area contributed by atoms with E-state index in [0.29, 0.717) is 11.1 Å². The highest BCUT2D eigenvalue weighted by atomic mass is 15.4. The number of aryl methyl sites for hydroxylation is 3. The van der Waals surface area contributed by atoms with Gasteiger partial charge in [0.05, 0.1) is 28.6 Å². The predicted molar refractivity (Wildman–Crippen MR) is 96.5 cm³/mol. The van der Waals surface area contributed by atoms with Crippen LogP contribution in [0.1, 0.15) is 34.7 Å². The maximum absolute atomic E-state index is 9.52. The fourth-order valence-electron chi connectivity index (χ4n) is 3.74. The van der Waals surface area contributed by atoms with E-state index in [0.717, 1.165) is 17.1 Å². The number of anilines is 3. The maximum atomic E-state index is 9.52. The van der Waals surface area contributed by atoms with Gasteiger partial charge in [-0.2, -0.15) is 10.5 Å². The summed E-state index contributed by atoms with van der Waals surface area (Å²) in [7, 11) is 2.00. The van der Waals surface area contributed by atoms with E-state index in [-0.39, 0.29) is 6.17 Å². The van der Waals surface area contributed by atoms with Crippen molar-refractivity contribution in [1.29, 1.82) is 10.5 Å². The predicted octanol–water partition coefficient (Wildman–Crippen LogP) is 4.29. The molecular weight excluding hydrogens is 296 g/mol. The Morgan fingerprint density at radius 3 is 2.08 bits per heavy atom. The van der Waals surface area contributed by atoms with Crippen LogP contribution in [-0.4, -0.2) is 13.2 Å². The lowest BCUT2D eigenvalue weighted by Crippen LogP contribution is -2.36. The summed E-state index contributed by atoms with van der Waals surface area (Å²) in [6.07, 6.45) is 0.0705. The van der Waals surface area contributed by atoms with Gasteiger partial charge in [-0.3, -0.25) is 0 Å². The first-order valence-corrected chi connectivity index (χ1v) is 7.97. The van der Waals surface area contributed by atoms with Crippen LogP contribution in [-0.2, 0) is 0 Å². The Kier molecular flexibility index (Phi) is 3.70. The molecule has 0 fully saturated rings. The van der Waals surface area contributed by atoms with Gasteiger partial charge >= 0.3 is 0 Å². The Bertz CT molecular complexity index is 891. The average molecular weight is 316 g/mol. The average Bonchev–Trinajstić information content (AvgIpc) is 2.78. The Labute approximate surface area is 143 Å². The maximum Gasteiger partial charge on any atom is 0.103 e. The second-order valence-electron chi connectivity index (χ2n) is 6.48. The minimum Gasteiger partial charge on any atom is -0.351 e.